The van der Waals surface area contributed by atoms with Crippen LogP contribution in [0.15, 0.2) is 12.1 Å². The van der Waals surface area contributed by atoms with Crippen LogP contribution in [0.4, 0.5) is 4.79 Å². The molecule has 0 unspecified atom stereocenters. The molecule has 0 atom stereocenters. The quantitative estimate of drug-likeness (QED) is 0.777. The van der Waals surface area contributed by atoms with Crippen molar-refractivity contribution in [1.29, 1.82) is 0 Å². The maximum Gasteiger partial charge on any atom is 0.407 e. The van der Waals surface area contributed by atoms with Gasteiger partial charge in [0.2, 0.25) is 0 Å². The van der Waals surface area contributed by atoms with E-state index in [4.69, 9.17) is 9.47 Å². The maximum atomic E-state index is 11.3. The Kier molecular flexibility index (Phi) is 5.15. The van der Waals surface area contributed by atoms with Gasteiger partial charge >= 0.3 is 6.09 Å². The third kappa shape index (κ3) is 3.66. The van der Waals surface area contributed by atoms with Crippen molar-refractivity contribution in [1.82, 2.24) is 25.3 Å². The number of rotatable bonds is 6. The van der Waals surface area contributed by atoms with Gasteiger partial charge < -0.3 is 19.6 Å². The molecular weight excluding hydrogens is 338 g/mol. The van der Waals surface area contributed by atoms with Gasteiger partial charge in [-0.2, -0.15) is 0 Å². The van der Waals surface area contributed by atoms with E-state index in [0.29, 0.717) is 22.8 Å². The van der Waals surface area contributed by atoms with E-state index in [0.717, 1.165) is 24.8 Å². The topological polar surface area (TPSA) is 108 Å². The Morgan fingerprint density at radius 3 is 2.85 bits per heavy atom. The van der Waals surface area contributed by atoms with Crippen molar-refractivity contribution in [2.45, 2.75) is 32.5 Å². The van der Waals surface area contributed by atoms with Gasteiger partial charge in [-0.25, -0.2) is 14.5 Å². The number of amides is 1. The fourth-order valence-electron chi connectivity index (χ4n) is 2.74. The number of nitrogens with one attached hydrogen (secondary N) is 1. The average Bonchev–Trinajstić information content (AvgIpc) is 2.97. The average molecular weight is 359 g/mol. The minimum Gasteiger partial charge on any atom is -0.488 e. The van der Waals surface area contributed by atoms with Crippen molar-refractivity contribution in [2.75, 3.05) is 7.05 Å². The number of ether oxygens (including phenoxy) is 2. The molecule has 138 valence electrons. The van der Waals surface area contributed by atoms with Crippen molar-refractivity contribution in [3.8, 4) is 17.1 Å². The monoisotopic (exact) mass is 359 g/mol. The number of aldehydes is 1. The largest absolute Gasteiger partial charge is 0.488 e. The Morgan fingerprint density at radius 1 is 1.42 bits per heavy atom. The fraction of sp³-hybridized carbons (Fsp3) is 0.471. The summed E-state index contributed by atoms with van der Waals surface area (Å²) in [5.41, 5.74) is 2.54. The van der Waals surface area contributed by atoms with Crippen LogP contribution in [-0.2, 0) is 23.2 Å². The molecule has 1 amide bonds. The van der Waals surface area contributed by atoms with Gasteiger partial charge in [-0.15, -0.1) is 5.10 Å². The lowest BCUT2D eigenvalue weighted by Gasteiger charge is -2.32. The Morgan fingerprint density at radius 2 is 2.19 bits per heavy atom. The first-order chi connectivity index (χ1) is 12.5. The van der Waals surface area contributed by atoms with Crippen molar-refractivity contribution in [3.05, 3.63) is 23.5 Å². The van der Waals surface area contributed by atoms with Crippen LogP contribution in [0.25, 0.3) is 11.4 Å². The molecule has 0 aliphatic heterocycles. The number of hydrogen-bond acceptors (Lipinski definition) is 7. The third-order valence-electron chi connectivity index (χ3n) is 4.38. The molecule has 0 saturated heterocycles. The van der Waals surface area contributed by atoms with Crippen molar-refractivity contribution in [3.63, 3.8) is 0 Å². The zero-order valence-electron chi connectivity index (χ0n) is 14.9. The van der Waals surface area contributed by atoms with Gasteiger partial charge in [-0.3, -0.25) is 0 Å². The molecule has 9 heteroatoms. The summed E-state index contributed by atoms with van der Waals surface area (Å²) in [5.74, 6) is 0.796. The Hall–Kier alpha value is -2.97. The zero-order chi connectivity index (χ0) is 18.7. The third-order valence-corrected chi connectivity index (χ3v) is 4.38. The van der Waals surface area contributed by atoms with Gasteiger partial charge in [0.05, 0.1) is 11.4 Å². The molecule has 1 saturated carbocycles. The standard InChI is InChI=1S/C17H21N5O4/c1-10-15(26-12-6-11(7-12)8-23)5-4-13(19-10)16-14(22(3)21-20-16)9-25-17(24)18-2/h4-5,8,11-12H,6-7,9H2,1-3H3,(H,18,24). The highest BCUT2D eigenvalue weighted by Crippen LogP contribution is 2.32. The lowest BCUT2D eigenvalue weighted by Crippen LogP contribution is -2.34. The molecular formula is C17H21N5O4. The van der Waals surface area contributed by atoms with E-state index in [1.165, 1.54) is 7.05 Å². The molecule has 2 heterocycles. The predicted molar refractivity (Wildman–Crippen MR) is 91.4 cm³/mol. The molecule has 0 bridgehead atoms. The number of aryl methyl sites for hydroxylation is 2. The molecule has 3 rings (SSSR count). The summed E-state index contributed by atoms with van der Waals surface area (Å²) in [5, 5.41) is 10.5. The van der Waals surface area contributed by atoms with E-state index in [9.17, 15) is 9.59 Å². The second-order valence-electron chi connectivity index (χ2n) is 6.22. The lowest BCUT2D eigenvalue weighted by molar-refractivity contribution is -0.116. The van der Waals surface area contributed by atoms with Crippen LogP contribution in [0.1, 0.15) is 24.2 Å². The number of carbonyl (C=O) groups is 2. The minimum absolute atomic E-state index is 0.0344. The number of nitrogens with zero attached hydrogens (tertiary/aromatic N) is 4. The molecule has 1 N–H and O–H groups in total. The molecule has 1 fully saturated rings. The van der Waals surface area contributed by atoms with Crippen LogP contribution < -0.4 is 10.1 Å². The van der Waals surface area contributed by atoms with E-state index >= 15 is 0 Å². The van der Waals surface area contributed by atoms with E-state index < -0.39 is 6.09 Å². The summed E-state index contributed by atoms with van der Waals surface area (Å²) in [6.45, 7) is 1.89. The van der Waals surface area contributed by atoms with Gasteiger partial charge in [-0.05, 0) is 31.9 Å². The highest BCUT2D eigenvalue weighted by molar-refractivity contribution is 5.67. The summed E-state index contributed by atoms with van der Waals surface area (Å²) in [6, 6.07) is 3.63. The van der Waals surface area contributed by atoms with E-state index in [-0.39, 0.29) is 18.6 Å². The normalized spacial score (nSPS) is 18.7. The lowest BCUT2D eigenvalue weighted by atomic mass is 9.83. The Bertz CT molecular complexity index is 813. The first-order valence-corrected chi connectivity index (χ1v) is 8.34. The molecule has 0 aromatic carbocycles. The predicted octanol–water partition coefficient (Wildman–Crippen LogP) is 1.40. The highest BCUT2D eigenvalue weighted by atomic mass is 16.5. The molecule has 9 nitrogen and oxygen atoms in total. The second kappa shape index (κ2) is 7.51. The second-order valence-corrected chi connectivity index (χ2v) is 6.22. The number of aromatic nitrogens is 4. The molecule has 26 heavy (non-hydrogen) atoms. The minimum atomic E-state index is -0.529. The van der Waals surface area contributed by atoms with Crippen molar-refractivity contribution in [2.24, 2.45) is 13.0 Å². The Labute approximate surface area is 150 Å². The van der Waals surface area contributed by atoms with Crippen molar-refractivity contribution < 1.29 is 19.1 Å². The fourth-order valence-corrected chi connectivity index (χ4v) is 2.74. The van der Waals surface area contributed by atoms with E-state index in [2.05, 4.69) is 20.6 Å². The first-order valence-electron chi connectivity index (χ1n) is 8.34. The van der Waals surface area contributed by atoms with E-state index in [1.54, 1.807) is 17.8 Å². The zero-order valence-corrected chi connectivity index (χ0v) is 14.9. The SMILES string of the molecule is CNC(=O)OCc1c(-c2ccc(OC3CC(C=O)C3)c(C)n2)nnn1C. The summed E-state index contributed by atoms with van der Waals surface area (Å²) in [7, 11) is 3.22. The van der Waals surface area contributed by atoms with Gasteiger partial charge in [0.25, 0.3) is 0 Å². The number of hydrogen-bond donors (Lipinski definition) is 1. The first kappa shape index (κ1) is 17.8. The number of carbonyl (C=O) groups excluding carboxylic acids is 2. The summed E-state index contributed by atoms with van der Waals surface area (Å²) >= 11 is 0. The van der Waals surface area contributed by atoms with Crippen LogP contribution in [0.5, 0.6) is 5.75 Å². The number of alkyl carbamates (subject to hydrolysis) is 1. The maximum absolute atomic E-state index is 11.3. The molecule has 2 aromatic heterocycles. The highest BCUT2D eigenvalue weighted by Gasteiger charge is 2.30. The smallest absolute Gasteiger partial charge is 0.407 e. The molecule has 1 aliphatic rings. The molecule has 1 aliphatic carbocycles. The van der Waals surface area contributed by atoms with Crippen molar-refractivity contribution >= 4 is 12.4 Å². The number of pyridine rings is 1. The molecule has 0 spiro atoms. The van der Waals surface area contributed by atoms with Gasteiger partial charge in [-0.1, -0.05) is 5.21 Å². The van der Waals surface area contributed by atoms with Crippen LogP contribution >= 0.6 is 0 Å². The van der Waals surface area contributed by atoms with Crippen LogP contribution in [-0.4, -0.2) is 45.5 Å². The van der Waals surface area contributed by atoms with Gasteiger partial charge in [0.15, 0.2) is 0 Å². The van der Waals surface area contributed by atoms with E-state index in [1.807, 2.05) is 13.0 Å². The molecule has 2 aromatic rings. The van der Waals surface area contributed by atoms with Crippen LogP contribution in [0.2, 0.25) is 0 Å². The van der Waals surface area contributed by atoms with Crippen LogP contribution in [0.3, 0.4) is 0 Å². The summed E-state index contributed by atoms with van der Waals surface area (Å²) in [4.78, 5) is 26.5. The van der Waals surface area contributed by atoms with Gasteiger partial charge in [0, 0.05) is 20.0 Å². The summed E-state index contributed by atoms with van der Waals surface area (Å²) in [6.07, 6.45) is 2.00. The summed E-state index contributed by atoms with van der Waals surface area (Å²) < 4.78 is 12.5. The van der Waals surface area contributed by atoms with Gasteiger partial charge in [0.1, 0.15) is 36.1 Å². The van der Waals surface area contributed by atoms with Crippen LogP contribution in [0, 0.1) is 12.8 Å². The Balaban J connectivity index is 1.75. The molecule has 0 radical (unpaired) electrons.